The molecule has 2 nitrogen and oxygen atoms in total. The minimum atomic E-state index is 0.402. The summed E-state index contributed by atoms with van der Waals surface area (Å²) >= 11 is 8.64. The van der Waals surface area contributed by atoms with Crippen LogP contribution in [0, 0.1) is 13.8 Å². The number of aryl methyl sites for hydroxylation is 1. The van der Waals surface area contributed by atoms with Crippen molar-refractivity contribution < 1.29 is 0 Å². The quantitative estimate of drug-likeness (QED) is 0.814. The molecule has 0 atom stereocenters. The van der Waals surface area contributed by atoms with Gasteiger partial charge in [0.15, 0.2) is 0 Å². The Morgan fingerprint density at radius 1 is 1.16 bits per heavy atom. The van der Waals surface area contributed by atoms with Crippen molar-refractivity contribution in [2.24, 2.45) is 5.73 Å². The lowest BCUT2D eigenvalue weighted by atomic mass is 10.1. The first-order chi connectivity index (χ1) is 8.99. The van der Waals surface area contributed by atoms with E-state index in [1.54, 1.807) is 0 Å². The van der Waals surface area contributed by atoms with Crippen LogP contribution in [0.5, 0.6) is 0 Å². The summed E-state index contributed by atoms with van der Waals surface area (Å²) in [4.78, 5) is 0.402. The zero-order chi connectivity index (χ0) is 14.0. The normalized spacial score (nSPS) is 10.3. The first kappa shape index (κ1) is 14.0. The van der Waals surface area contributed by atoms with Gasteiger partial charge in [-0.1, -0.05) is 45.8 Å². The maximum Gasteiger partial charge on any atom is 0.106 e. The van der Waals surface area contributed by atoms with E-state index in [1.165, 1.54) is 0 Å². The molecule has 0 aliphatic carbocycles. The fraction of sp³-hybridized carbons (Fsp3) is 0.133. The first-order valence-electron chi connectivity index (χ1n) is 5.91. The molecule has 2 rings (SSSR count). The van der Waals surface area contributed by atoms with Gasteiger partial charge in [0.2, 0.25) is 0 Å². The zero-order valence-electron chi connectivity index (χ0n) is 10.8. The molecule has 0 fully saturated rings. The Morgan fingerprint density at radius 2 is 1.89 bits per heavy atom. The van der Waals surface area contributed by atoms with Crippen LogP contribution in [0.4, 0.5) is 11.4 Å². The van der Waals surface area contributed by atoms with Crippen molar-refractivity contribution >= 4 is 44.5 Å². The van der Waals surface area contributed by atoms with Gasteiger partial charge < -0.3 is 11.1 Å². The molecule has 98 valence electrons. The molecular formula is C15H15BrN2S. The Balaban J connectivity index is 2.44. The van der Waals surface area contributed by atoms with Crippen LogP contribution in [0.15, 0.2) is 40.9 Å². The molecule has 0 bridgehead atoms. The van der Waals surface area contributed by atoms with E-state index in [4.69, 9.17) is 18.0 Å². The largest absolute Gasteiger partial charge is 0.389 e. The fourth-order valence-electron chi connectivity index (χ4n) is 1.86. The highest BCUT2D eigenvalue weighted by Crippen LogP contribution is 2.28. The third kappa shape index (κ3) is 3.14. The number of halogens is 1. The molecule has 0 aliphatic heterocycles. The molecule has 0 amide bonds. The van der Waals surface area contributed by atoms with Crippen molar-refractivity contribution in [1.29, 1.82) is 0 Å². The van der Waals surface area contributed by atoms with E-state index in [0.29, 0.717) is 4.99 Å². The van der Waals surface area contributed by atoms with Gasteiger partial charge in [-0.2, -0.15) is 0 Å². The van der Waals surface area contributed by atoms with E-state index in [9.17, 15) is 0 Å². The summed E-state index contributed by atoms with van der Waals surface area (Å²) in [5.41, 5.74) is 10.9. The van der Waals surface area contributed by atoms with Gasteiger partial charge in [-0.05, 0) is 43.7 Å². The van der Waals surface area contributed by atoms with Gasteiger partial charge in [-0.3, -0.25) is 0 Å². The highest BCUT2D eigenvalue weighted by atomic mass is 79.9. The van der Waals surface area contributed by atoms with E-state index in [2.05, 4.69) is 28.2 Å². The van der Waals surface area contributed by atoms with Crippen LogP contribution in [-0.4, -0.2) is 4.99 Å². The zero-order valence-corrected chi connectivity index (χ0v) is 13.2. The number of nitrogens with two attached hydrogens (primary N) is 1. The molecule has 0 unspecified atom stereocenters. The Labute approximate surface area is 127 Å². The lowest BCUT2D eigenvalue weighted by Crippen LogP contribution is -2.12. The number of nitrogens with one attached hydrogen (secondary N) is 1. The lowest BCUT2D eigenvalue weighted by molar-refractivity contribution is 1.38. The minimum absolute atomic E-state index is 0.402. The summed E-state index contributed by atoms with van der Waals surface area (Å²) in [5, 5.41) is 3.39. The van der Waals surface area contributed by atoms with Gasteiger partial charge in [-0.25, -0.2) is 0 Å². The van der Waals surface area contributed by atoms with Crippen molar-refractivity contribution in [1.82, 2.24) is 0 Å². The van der Waals surface area contributed by atoms with Gasteiger partial charge in [0.1, 0.15) is 4.99 Å². The minimum Gasteiger partial charge on any atom is -0.389 e. The maximum absolute atomic E-state index is 5.79. The summed E-state index contributed by atoms with van der Waals surface area (Å²) in [7, 11) is 0. The molecule has 19 heavy (non-hydrogen) atoms. The van der Waals surface area contributed by atoms with Crippen LogP contribution in [0.2, 0.25) is 0 Å². The van der Waals surface area contributed by atoms with E-state index < -0.39 is 0 Å². The van der Waals surface area contributed by atoms with E-state index in [-0.39, 0.29) is 0 Å². The van der Waals surface area contributed by atoms with Crippen molar-refractivity contribution in [2.45, 2.75) is 13.8 Å². The Bertz CT molecular complexity index is 638. The molecule has 4 heteroatoms. The third-order valence-electron chi connectivity index (χ3n) is 2.98. The Kier molecular flexibility index (Phi) is 4.22. The number of thiocarbonyl (C=S) groups is 1. The molecule has 0 spiro atoms. The summed E-state index contributed by atoms with van der Waals surface area (Å²) in [5.74, 6) is 0. The number of rotatable bonds is 3. The van der Waals surface area contributed by atoms with Gasteiger partial charge in [0, 0.05) is 21.4 Å². The highest BCUT2D eigenvalue weighted by molar-refractivity contribution is 9.10. The monoisotopic (exact) mass is 334 g/mol. The predicted octanol–water partition coefficient (Wildman–Crippen LogP) is 4.44. The molecule has 0 radical (unpaired) electrons. The molecule has 3 N–H and O–H groups in total. The molecular weight excluding hydrogens is 320 g/mol. The SMILES string of the molecule is Cc1ccc(Nc2cccc(Br)c2C)c(C(N)=S)c1. The first-order valence-corrected chi connectivity index (χ1v) is 7.12. The van der Waals surface area contributed by atoms with Crippen LogP contribution in [0.25, 0.3) is 0 Å². The third-order valence-corrected chi connectivity index (χ3v) is 4.06. The van der Waals surface area contributed by atoms with Crippen LogP contribution >= 0.6 is 28.1 Å². The van der Waals surface area contributed by atoms with Crippen molar-refractivity contribution in [2.75, 3.05) is 5.32 Å². The van der Waals surface area contributed by atoms with E-state index in [0.717, 1.165) is 32.5 Å². The number of anilines is 2. The lowest BCUT2D eigenvalue weighted by Gasteiger charge is -2.14. The van der Waals surface area contributed by atoms with Gasteiger partial charge >= 0.3 is 0 Å². The van der Waals surface area contributed by atoms with Crippen LogP contribution in [0.3, 0.4) is 0 Å². The predicted molar refractivity (Wildman–Crippen MR) is 89.2 cm³/mol. The fourth-order valence-corrected chi connectivity index (χ4v) is 2.39. The molecule has 0 saturated carbocycles. The summed E-state index contributed by atoms with van der Waals surface area (Å²) < 4.78 is 1.07. The Hall–Kier alpha value is -1.39. The van der Waals surface area contributed by atoms with Gasteiger partial charge in [0.25, 0.3) is 0 Å². The second-order valence-electron chi connectivity index (χ2n) is 4.45. The Morgan fingerprint density at radius 3 is 2.58 bits per heavy atom. The second kappa shape index (κ2) is 5.72. The summed E-state index contributed by atoms with van der Waals surface area (Å²) in [6.45, 7) is 4.08. The van der Waals surface area contributed by atoms with Crippen LogP contribution < -0.4 is 11.1 Å². The molecule has 0 heterocycles. The molecule has 0 aliphatic rings. The number of hydrogen-bond donors (Lipinski definition) is 2. The summed E-state index contributed by atoms with van der Waals surface area (Å²) in [6.07, 6.45) is 0. The molecule has 2 aromatic rings. The van der Waals surface area contributed by atoms with E-state index in [1.807, 2.05) is 43.3 Å². The topological polar surface area (TPSA) is 38.0 Å². The van der Waals surface area contributed by atoms with Crippen molar-refractivity contribution in [3.05, 3.63) is 57.6 Å². The standard InChI is InChI=1S/C15H15BrN2S/c1-9-6-7-14(11(8-9)15(17)19)18-13-5-3-4-12(16)10(13)2/h3-8,18H,1-2H3,(H2,17,19). The average Bonchev–Trinajstić information content (AvgIpc) is 2.36. The second-order valence-corrected chi connectivity index (χ2v) is 5.74. The van der Waals surface area contributed by atoms with Crippen LogP contribution in [0.1, 0.15) is 16.7 Å². The number of benzene rings is 2. The summed E-state index contributed by atoms with van der Waals surface area (Å²) in [6, 6.07) is 12.1. The van der Waals surface area contributed by atoms with Gasteiger partial charge in [-0.15, -0.1) is 0 Å². The van der Waals surface area contributed by atoms with E-state index >= 15 is 0 Å². The highest BCUT2D eigenvalue weighted by Gasteiger charge is 2.08. The molecule has 0 aromatic heterocycles. The molecule has 2 aromatic carbocycles. The maximum atomic E-state index is 5.79. The van der Waals surface area contributed by atoms with Crippen molar-refractivity contribution in [3.8, 4) is 0 Å². The smallest absolute Gasteiger partial charge is 0.106 e. The van der Waals surface area contributed by atoms with Crippen molar-refractivity contribution in [3.63, 3.8) is 0 Å². The molecule has 0 saturated heterocycles. The average molecular weight is 335 g/mol. The number of hydrogen-bond acceptors (Lipinski definition) is 2. The van der Waals surface area contributed by atoms with Gasteiger partial charge in [0.05, 0.1) is 0 Å². The van der Waals surface area contributed by atoms with Crippen LogP contribution in [-0.2, 0) is 0 Å².